The van der Waals surface area contributed by atoms with E-state index in [0.717, 1.165) is 33.4 Å². The number of hydrogen-bond acceptors (Lipinski definition) is 4. The number of carbonyl (C=O) groups excluding carboxylic acids is 2. The zero-order valence-corrected chi connectivity index (χ0v) is 20.9. The van der Waals surface area contributed by atoms with Crippen LogP contribution in [0.4, 0.5) is 0 Å². The minimum atomic E-state index is -0.388. The molecule has 0 unspecified atom stereocenters. The Morgan fingerprint density at radius 2 is 0.889 bits per heavy atom. The third-order valence-corrected chi connectivity index (χ3v) is 5.83. The van der Waals surface area contributed by atoms with Crippen LogP contribution in [0.5, 0.6) is 11.5 Å². The summed E-state index contributed by atoms with van der Waals surface area (Å²) < 4.78 is 11.1. The van der Waals surface area contributed by atoms with Crippen molar-refractivity contribution in [2.75, 3.05) is 0 Å². The highest BCUT2D eigenvalue weighted by molar-refractivity contribution is 5.92. The van der Waals surface area contributed by atoms with E-state index in [1.54, 1.807) is 24.3 Å². The van der Waals surface area contributed by atoms with E-state index in [2.05, 4.69) is 0 Å². The van der Waals surface area contributed by atoms with Crippen LogP contribution in [0.1, 0.15) is 54.1 Å². The first-order chi connectivity index (χ1) is 17.3. The molecule has 4 aromatic carbocycles. The van der Waals surface area contributed by atoms with E-state index in [1.165, 1.54) is 0 Å². The summed E-state index contributed by atoms with van der Waals surface area (Å²) in [5.41, 5.74) is 6.94. The third-order valence-electron chi connectivity index (χ3n) is 5.83. The van der Waals surface area contributed by atoms with Crippen molar-refractivity contribution in [3.8, 4) is 11.5 Å². The Labute approximate surface area is 211 Å². The molecule has 0 amide bonds. The molecule has 4 nitrogen and oxygen atoms in total. The van der Waals surface area contributed by atoms with E-state index in [9.17, 15) is 9.59 Å². The molecule has 0 aliphatic rings. The molecule has 0 aliphatic heterocycles. The Hall–Kier alpha value is -4.44. The van der Waals surface area contributed by atoms with Crippen molar-refractivity contribution in [2.24, 2.45) is 0 Å². The maximum Gasteiger partial charge on any atom is 0.343 e. The van der Waals surface area contributed by atoms with Crippen LogP contribution in [0, 0.1) is 27.7 Å². The maximum absolute atomic E-state index is 12.5. The highest BCUT2D eigenvalue weighted by Gasteiger charge is 2.11. The zero-order chi connectivity index (χ0) is 25.7. The van der Waals surface area contributed by atoms with Gasteiger partial charge in [-0.15, -0.1) is 0 Å². The SMILES string of the molecule is Cc1ccc(OC(=O)c2ccc(C=Cc3ccc(C(=O)Oc4ccc(C)cc4C)cc3)cc2)c(C)c1. The summed E-state index contributed by atoms with van der Waals surface area (Å²) in [4.78, 5) is 25.0. The molecule has 0 atom stereocenters. The van der Waals surface area contributed by atoms with Gasteiger partial charge in [0.05, 0.1) is 11.1 Å². The normalized spacial score (nSPS) is 10.9. The van der Waals surface area contributed by atoms with E-state index in [4.69, 9.17) is 9.47 Å². The topological polar surface area (TPSA) is 52.6 Å². The lowest BCUT2D eigenvalue weighted by atomic mass is 10.1. The lowest BCUT2D eigenvalue weighted by Gasteiger charge is -2.08. The van der Waals surface area contributed by atoms with Gasteiger partial charge in [-0.05, 0) is 86.3 Å². The Bertz CT molecular complexity index is 1320. The fourth-order valence-corrected chi connectivity index (χ4v) is 3.80. The molecule has 0 saturated heterocycles. The average Bonchev–Trinajstić information content (AvgIpc) is 2.86. The predicted octanol–water partition coefficient (Wildman–Crippen LogP) is 7.53. The number of aryl methyl sites for hydroxylation is 4. The molecule has 4 aromatic rings. The second kappa shape index (κ2) is 10.9. The van der Waals surface area contributed by atoms with Gasteiger partial charge in [-0.1, -0.05) is 71.8 Å². The van der Waals surface area contributed by atoms with Crippen LogP contribution in [0.15, 0.2) is 84.9 Å². The quantitative estimate of drug-likeness (QED) is 0.164. The fourth-order valence-electron chi connectivity index (χ4n) is 3.80. The van der Waals surface area contributed by atoms with Crippen molar-refractivity contribution in [3.05, 3.63) is 129 Å². The Balaban J connectivity index is 1.36. The summed E-state index contributed by atoms with van der Waals surface area (Å²) in [5, 5.41) is 0. The van der Waals surface area contributed by atoms with E-state index in [0.29, 0.717) is 22.6 Å². The van der Waals surface area contributed by atoms with Crippen molar-refractivity contribution in [1.29, 1.82) is 0 Å². The molecular weight excluding hydrogens is 448 g/mol. The van der Waals surface area contributed by atoms with Crippen molar-refractivity contribution in [2.45, 2.75) is 27.7 Å². The number of hydrogen-bond donors (Lipinski definition) is 0. The number of rotatable bonds is 6. The van der Waals surface area contributed by atoms with E-state index in [-0.39, 0.29) is 11.9 Å². The number of benzene rings is 4. The summed E-state index contributed by atoms with van der Waals surface area (Å²) >= 11 is 0. The molecule has 180 valence electrons. The largest absolute Gasteiger partial charge is 0.423 e. The Morgan fingerprint density at radius 1 is 0.528 bits per heavy atom. The van der Waals surface area contributed by atoms with Gasteiger partial charge in [-0.25, -0.2) is 9.59 Å². The Morgan fingerprint density at radius 3 is 1.22 bits per heavy atom. The van der Waals surface area contributed by atoms with Gasteiger partial charge >= 0.3 is 11.9 Å². The standard InChI is InChI=1S/C32H28O4/c1-21-5-17-29(23(3)19-21)35-31(33)27-13-9-25(10-14-27)7-8-26-11-15-28(16-12-26)32(34)36-30-18-6-22(2)20-24(30)4/h5-20H,1-4H3. The first-order valence-electron chi connectivity index (χ1n) is 11.8. The van der Waals surface area contributed by atoms with Crippen LogP contribution in [-0.2, 0) is 0 Å². The predicted molar refractivity (Wildman–Crippen MR) is 144 cm³/mol. The highest BCUT2D eigenvalue weighted by Crippen LogP contribution is 2.22. The van der Waals surface area contributed by atoms with Gasteiger partial charge < -0.3 is 9.47 Å². The maximum atomic E-state index is 12.5. The molecule has 36 heavy (non-hydrogen) atoms. The van der Waals surface area contributed by atoms with Crippen LogP contribution in [0.2, 0.25) is 0 Å². The summed E-state index contributed by atoms with van der Waals surface area (Å²) in [7, 11) is 0. The number of carbonyl (C=O) groups is 2. The molecule has 0 N–H and O–H groups in total. The van der Waals surface area contributed by atoms with Gasteiger partial charge in [0.2, 0.25) is 0 Å². The molecule has 0 saturated carbocycles. The lowest BCUT2D eigenvalue weighted by Crippen LogP contribution is -2.09. The van der Waals surface area contributed by atoms with Gasteiger partial charge in [-0.3, -0.25) is 0 Å². The van der Waals surface area contributed by atoms with Gasteiger partial charge in [0.25, 0.3) is 0 Å². The molecule has 0 spiro atoms. The molecule has 0 radical (unpaired) electrons. The van der Waals surface area contributed by atoms with Crippen molar-refractivity contribution < 1.29 is 19.1 Å². The molecule has 4 heteroatoms. The smallest absolute Gasteiger partial charge is 0.343 e. The van der Waals surface area contributed by atoms with E-state index >= 15 is 0 Å². The second-order valence-electron chi connectivity index (χ2n) is 8.89. The van der Waals surface area contributed by atoms with Crippen molar-refractivity contribution >= 4 is 24.1 Å². The summed E-state index contributed by atoms with van der Waals surface area (Å²) in [6, 6.07) is 25.9. The van der Waals surface area contributed by atoms with Gasteiger partial charge in [0.15, 0.2) is 0 Å². The lowest BCUT2D eigenvalue weighted by molar-refractivity contribution is 0.0724. The van der Waals surface area contributed by atoms with Crippen LogP contribution in [-0.4, -0.2) is 11.9 Å². The van der Waals surface area contributed by atoms with Crippen LogP contribution in [0.3, 0.4) is 0 Å². The first kappa shape index (κ1) is 24.7. The second-order valence-corrected chi connectivity index (χ2v) is 8.89. The molecule has 0 fully saturated rings. The molecule has 0 heterocycles. The fraction of sp³-hybridized carbons (Fsp3) is 0.125. The minimum Gasteiger partial charge on any atom is -0.423 e. The minimum absolute atomic E-state index is 0.388. The van der Waals surface area contributed by atoms with E-state index < -0.39 is 0 Å². The zero-order valence-electron chi connectivity index (χ0n) is 20.9. The van der Waals surface area contributed by atoms with Gasteiger partial charge in [0.1, 0.15) is 11.5 Å². The monoisotopic (exact) mass is 476 g/mol. The van der Waals surface area contributed by atoms with Gasteiger partial charge in [0, 0.05) is 0 Å². The molecule has 4 rings (SSSR count). The number of esters is 2. The third kappa shape index (κ3) is 6.16. The summed E-state index contributed by atoms with van der Waals surface area (Å²) in [6.45, 7) is 7.84. The molecule has 0 aromatic heterocycles. The molecule has 0 aliphatic carbocycles. The van der Waals surface area contributed by atoms with Crippen LogP contribution >= 0.6 is 0 Å². The van der Waals surface area contributed by atoms with Crippen LogP contribution < -0.4 is 9.47 Å². The Kier molecular flexibility index (Phi) is 7.45. The first-order valence-corrected chi connectivity index (χ1v) is 11.8. The van der Waals surface area contributed by atoms with Crippen molar-refractivity contribution in [3.63, 3.8) is 0 Å². The van der Waals surface area contributed by atoms with E-state index in [1.807, 2.05) is 101 Å². The van der Waals surface area contributed by atoms with Crippen LogP contribution in [0.25, 0.3) is 12.2 Å². The molecule has 0 bridgehead atoms. The molecular formula is C32H28O4. The van der Waals surface area contributed by atoms with Crippen molar-refractivity contribution in [1.82, 2.24) is 0 Å². The van der Waals surface area contributed by atoms with Gasteiger partial charge in [-0.2, -0.15) is 0 Å². The highest BCUT2D eigenvalue weighted by atomic mass is 16.5. The number of ether oxygens (including phenoxy) is 2. The average molecular weight is 477 g/mol. The summed E-state index contributed by atoms with van der Waals surface area (Å²) in [6.07, 6.45) is 3.89. The summed E-state index contributed by atoms with van der Waals surface area (Å²) in [5.74, 6) is 0.355.